The van der Waals surface area contributed by atoms with Crippen LogP contribution in [-0.4, -0.2) is 32.1 Å². The molecular weight excluding hydrogens is 204 g/mol. The van der Waals surface area contributed by atoms with Crippen LogP contribution in [0.1, 0.15) is 21.5 Å². The Kier molecular flexibility index (Phi) is 3.90. The van der Waals surface area contributed by atoms with Gasteiger partial charge in [-0.3, -0.25) is 10.2 Å². The Hall–Kier alpha value is -1.55. The first kappa shape index (κ1) is 12.5. The van der Waals surface area contributed by atoms with Gasteiger partial charge in [0.15, 0.2) is 0 Å². The molecule has 1 rings (SSSR count). The van der Waals surface area contributed by atoms with Crippen LogP contribution in [0.15, 0.2) is 12.1 Å². The van der Waals surface area contributed by atoms with Crippen molar-refractivity contribution in [2.45, 2.75) is 13.8 Å². The molecule has 0 atom stereocenters. The Bertz CT molecular complexity index is 400. The number of hydrazine groups is 1. The lowest BCUT2D eigenvalue weighted by Gasteiger charge is -2.15. The highest BCUT2D eigenvalue weighted by Gasteiger charge is 2.15. The van der Waals surface area contributed by atoms with Crippen molar-refractivity contribution in [3.8, 4) is 5.75 Å². The normalized spacial score (nSPS) is 10.4. The van der Waals surface area contributed by atoms with Gasteiger partial charge < -0.3 is 4.74 Å². The van der Waals surface area contributed by atoms with Gasteiger partial charge in [0.2, 0.25) is 0 Å². The molecule has 4 heteroatoms. The maximum absolute atomic E-state index is 11.9. The molecule has 1 aromatic carbocycles. The van der Waals surface area contributed by atoms with Gasteiger partial charge in [-0.05, 0) is 31.0 Å². The van der Waals surface area contributed by atoms with Crippen LogP contribution in [0.4, 0.5) is 0 Å². The first-order valence-electron chi connectivity index (χ1n) is 5.09. The molecule has 0 aliphatic heterocycles. The lowest BCUT2D eigenvalue weighted by atomic mass is 10.1. The summed E-state index contributed by atoms with van der Waals surface area (Å²) < 4.78 is 5.25. The number of rotatable bonds is 3. The van der Waals surface area contributed by atoms with Gasteiger partial charge >= 0.3 is 0 Å². The van der Waals surface area contributed by atoms with E-state index in [1.165, 1.54) is 0 Å². The molecule has 4 nitrogen and oxygen atoms in total. The van der Waals surface area contributed by atoms with E-state index in [0.29, 0.717) is 11.3 Å². The van der Waals surface area contributed by atoms with Crippen LogP contribution in [0.3, 0.4) is 0 Å². The number of nitrogens with zero attached hydrogens (tertiary/aromatic N) is 1. The zero-order valence-electron chi connectivity index (χ0n) is 10.4. The molecule has 0 spiro atoms. The van der Waals surface area contributed by atoms with Crippen LogP contribution in [0, 0.1) is 13.8 Å². The highest BCUT2D eigenvalue weighted by molar-refractivity contribution is 5.97. The van der Waals surface area contributed by atoms with Gasteiger partial charge in [-0.1, -0.05) is 6.07 Å². The van der Waals surface area contributed by atoms with E-state index in [1.807, 2.05) is 26.0 Å². The van der Waals surface area contributed by atoms with Gasteiger partial charge in [-0.25, -0.2) is 5.01 Å². The van der Waals surface area contributed by atoms with Crippen LogP contribution in [-0.2, 0) is 0 Å². The molecule has 0 saturated heterocycles. The summed E-state index contributed by atoms with van der Waals surface area (Å²) in [4.78, 5) is 11.9. The van der Waals surface area contributed by atoms with Gasteiger partial charge in [-0.15, -0.1) is 0 Å². The zero-order valence-corrected chi connectivity index (χ0v) is 10.4. The van der Waals surface area contributed by atoms with Crippen LogP contribution in [0.25, 0.3) is 0 Å². The van der Waals surface area contributed by atoms with Crippen molar-refractivity contribution in [2.24, 2.45) is 0 Å². The minimum atomic E-state index is -0.159. The maximum atomic E-state index is 11.9. The van der Waals surface area contributed by atoms with E-state index in [1.54, 1.807) is 26.2 Å². The zero-order chi connectivity index (χ0) is 12.3. The standard InChI is InChI=1S/C12H18N2O2/c1-8-6-9(2)11(16-5)10(7-8)12(15)13-14(3)4/h6-7H,1-5H3,(H,13,15). The molecule has 16 heavy (non-hydrogen) atoms. The molecule has 0 saturated carbocycles. The third kappa shape index (κ3) is 2.73. The third-order valence-electron chi connectivity index (χ3n) is 2.19. The molecule has 88 valence electrons. The van der Waals surface area contributed by atoms with E-state index in [4.69, 9.17) is 4.74 Å². The van der Waals surface area contributed by atoms with Crippen molar-refractivity contribution in [1.29, 1.82) is 0 Å². The average Bonchev–Trinajstić information content (AvgIpc) is 2.15. The van der Waals surface area contributed by atoms with Crippen molar-refractivity contribution >= 4 is 5.91 Å². The molecule has 0 fully saturated rings. The average molecular weight is 222 g/mol. The summed E-state index contributed by atoms with van der Waals surface area (Å²) in [6.45, 7) is 3.89. The summed E-state index contributed by atoms with van der Waals surface area (Å²) in [5.41, 5.74) is 5.27. The Balaban J connectivity index is 3.15. The monoisotopic (exact) mass is 222 g/mol. The van der Waals surface area contributed by atoms with Crippen molar-refractivity contribution < 1.29 is 9.53 Å². The van der Waals surface area contributed by atoms with Crippen molar-refractivity contribution in [1.82, 2.24) is 10.4 Å². The molecule has 1 N–H and O–H groups in total. The van der Waals surface area contributed by atoms with Crippen molar-refractivity contribution in [3.63, 3.8) is 0 Å². The fourth-order valence-electron chi connectivity index (χ4n) is 1.66. The summed E-state index contributed by atoms with van der Waals surface area (Å²) >= 11 is 0. The number of carbonyl (C=O) groups is 1. The number of ether oxygens (including phenoxy) is 1. The second kappa shape index (κ2) is 4.99. The fourth-order valence-corrected chi connectivity index (χ4v) is 1.66. The number of hydrogen-bond acceptors (Lipinski definition) is 3. The van der Waals surface area contributed by atoms with Crippen molar-refractivity contribution in [3.05, 3.63) is 28.8 Å². The number of amides is 1. The molecule has 0 radical (unpaired) electrons. The van der Waals surface area contributed by atoms with E-state index in [2.05, 4.69) is 5.43 Å². The molecule has 0 heterocycles. The Morgan fingerprint density at radius 1 is 1.31 bits per heavy atom. The molecule has 0 bridgehead atoms. The van der Waals surface area contributed by atoms with Crippen LogP contribution in [0.2, 0.25) is 0 Å². The molecular formula is C12H18N2O2. The van der Waals surface area contributed by atoms with Crippen LogP contribution < -0.4 is 10.2 Å². The van der Waals surface area contributed by atoms with Gasteiger partial charge in [0.1, 0.15) is 5.75 Å². The van der Waals surface area contributed by atoms with E-state index in [9.17, 15) is 4.79 Å². The predicted molar refractivity (Wildman–Crippen MR) is 63.6 cm³/mol. The van der Waals surface area contributed by atoms with E-state index < -0.39 is 0 Å². The SMILES string of the molecule is COc1c(C)cc(C)cc1C(=O)NN(C)C. The highest BCUT2D eigenvalue weighted by Crippen LogP contribution is 2.24. The molecule has 1 amide bonds. The number of benzene rings is 1. The molecule has 0 unspecified atom stereocenters. The van der Waals surface area contributed by atoms with E-state index in [0.717, 1.165) is 11.1 Å². The Morgan fingerprint density at radius 3 is 2.44 bits per heavy atom. The first-order chi connectivity index (χ1) is 7.45. The number of methoxy groups -OCH3 is 1. The molecule has 0 aliphatic carbocycles. The summed E-state index contributed by atoms with van der Waals surface area (Å²) in [5.74, 6) is 0.471. The number of nitrogens with one attached hydrogen (secondary N) is 1. The Morgan fingerprint density at radius 2 is 1.94 bits per heavy atom. The lowest BCUT2D eigenvalue weighted by Crippen LogP contribution is -2.36. The summed E-state index contributed by atoms with van der Waals surface area (Å²) in [6.07, 6.45) is 0. The van der Waals surface area contributed by atoms with Crippen molar-refractivity contribution in [2.75, 3.05) is 21.2 Å². The molecule has 0 aromatic heterocycles. The van der Waals surface area contributed by atoms with Gasteiger partial charge in [0.25, 0.3) is 5.91 Å². The first-order valence-corrected chi connectivity index (χ1v) is 5.09. The highest BCUT2D eigenvalue weighted by atomic mass is 16.5. The molecule has 1 aromatic rings. The largest absolute Gasteiger partial charge is 0.496 e. The predicted octanol–water partition coefficient (Wildman–Crippen LogP) is 1.52. The van der Waals surface area contributed by atoms with Crippen LogP contribution >= 0.6 is 0 Å². The lowest BCUT2D eigenvalue weighted by molar-refractivity contribution is 0.0853. The second-order valence-electron chi connectivity index (χ2n) is 4.00. The van der Waals surface area contributed by atoms with Gasteiger partial charge in [0.05, 0.1) is 12.7 Å². The van der Waals surface area contributed by atoms with E-state index in [-0.39, 0.29) is 5.91 Å². The fraction of sp³-hybridized carbons (Fsp3) is 0.417. The minimum absolute atomic E-state index is 0.159. The third-order valence-corrected chi connectivity index (χ3v) is 2.19. The summed E-state index contributed by atoms with van der Waals surface area (Å²) in [7, 11) is 5.12. The van der Waals surface area contributed by atoms with Gasteiger partial charge in [0, 0.05) is 14.1 Å². The maximum Gasteiger partial charge on any atom is 0.269 e. The molecule has 0 aliphatic rings. The quantitative estimate of drug-likeness (QED) is 0.788. The summed E-state index contributed by atoms with van der Waals surface area (Å²) in [6, 6.07) is 3.82. The number of aryl methyl sites for hydroxylation is 2. The van der Waals surface area contributed by atoms with Crippen LogP contribution in [0.5, 0.6) is 5.75 Å². The summed E-state index contributed by atoms with van der Waals surface area (Å²) in [5, 5.41) is 1.61. The number of hydrogen-bond donors (Lipinski definition) is 1. The Labute approximate surface area is 96.2 Å². The topological polar surface area (TPSA) is 41.6 Å². The van der Waals surface area contributed by atoms with E-state index >= 15 is 0 Å². The van der Waals surface area contributed by atoms with Gasteiger partial charge in [-0.2, -0.15) is 0 Å². The smallest absolute Gasteiger partial charge is 0.269 e. The second-order valence-corrected chi connectivity index (χ2v) is 4.00. The minimum Gasteiger partial charge on any atom is -0.496 e. The number of carbonyl (C=O) groups excluding carboxylic acids is 1.